The van der Waals surface area contributed by atoms with E-state index in [1.807, 2.05) is 0 Å². The summed E-state index contributed by atoms with van der Waals surface area (Å²) < 4.78 is 33.2. The van der Waals surface area contributed by atoms with Gasteiger partial charge in [0.15, 0.2) is 0 Å². The largest absolute Gasteiger partial charge is 0.383 e. The number of rotatable bonds is 9. The van der Waals surface area contributed by atoms with Gasteiger partial charge in [0.05, 0.1) is 28.1 Å². The number of nitrogens with one attached hydrogen (secondary N) is 1. The lowest BCUT2D eigenvalue weighted by Crippen LogP contribution is -2.44. The van der Waals surface area contributed by atoms with Gasteiger partial charge in [0.25, 0.3) is 0 Å². The second-order valence-electron chi connectivity index (χ2n) is 6.40. The van der Waals surface area contributed by atoms with Crippen LogP contribution in [0.25, 0.3) is 0 Å². The van der Waals surface area contributed by atoms with Crippen molar-refractivity contribution in [2.75, 3.05) is 20.3 Å². The molecule has 1 atom stereocenters. The third kappa shape index (κ3) is 6.94. The maximum atomic E-state index is 13.2. The zero-order valence-corrected chi connectivity index (χ0v) is 19.8. The molecule has 0 spiro atoms. The summed E-state index contributed by atoms with van der Waals surface area (Å²) >= 11 is 15.3. The lowest BCUT2D eigenvalue weighted by atomic mass is 10.2. The predicted octanol–water partition coefficient (Wildman–Crippen LogP) is 4.10. The van der Waals surface area contributed by atoms with Crippen molar-refractivity contribution in [1.29, 1.82) is 0 Å². The topological polar surface area (TPSA) is 75.7 Å². The van der Waals surface area contributed by atoms with Gasteiger partial charge >= 0.3 is 0 Å². The van der Waals surface area contributed by atoms with Crippen LogP contribution in [0.1, 0.15) is 12.5 Å². The molecule has 0 aliphatic heterocycles. The highest BCUT2D eigenvalue weighted by molar-refractivity contribution is 9.10. The molecule has 2 rings (SSSR count). The molecule has 10 heteroatoms. The summed E-state index contributed by atoms with van der Waals surface area (Å²) in [6, 6.07) is 10.8. The van der Waals surface area contributed by atoms with Crippen LogP contribution < -0.4 is 5.32 Å². The molecule has 0 aliphatic carbocycles. The Morgan fingerprint density at radius 2 is 1.83 bits per heavy atom. The molecule has 0 bridgehead atoms. The third-order valence-electron chi connectivity index (χ3n) is 3.94. The smallest absolute Gasteiger partial charge is 0.243 e. The predicted molar refractivity (Wildman–Crippen MR) is 118 cm³/mol. The molecule has 0 fully saturated rings. The van der Waals surface area contributed by atoms with E-state index in [2.05, 4.69) is 21.2 Å². The Labute approximate surface area is 189 Å². The Bertz CT molecular complexity index is 955. The first kappa shape index (κ1) is 24.1. The van der Waals surface area contributed by atoms with Crippen molar-refractivity contribution < 1.29 is 17.9 Å². The van der Waals surface area contributed by atoms with Gasteiger partial charge < -0.3 is 10.1 Å². The van der Waals surface area contributed by atoms with Crippen LogP contribution in [0.15, 0.2) is 51.8 Å². The quantitative estimate of drug-likeness (QED) is 0.537. The van der Waals surface area contributed by atoms with Crippen molar-refractivity contribution in [1.82, 2.24) is 9.62 Å². The van der Waals surface area contributed by atoms with Gasteiger partial charge in [-0.25, -0.2) is 8.42 Å². The Hall–Kier alpha value is -1.16. The Morgan fingerprint density at radius 3 is 2.41 bits per heavy atom. The van der Waals surface area contributed by atoms with Gasteiger partial charge in [-0.1, -0.05) is 45.2 Å². The van der Waals surface area contributed by atoms with Gasteiger partial charge in [0.1, 0.15) is 0 Å². The van der Waals surface area contributed by atoms with Crippen LogP contribution in [0.3, 0.4) is 0 Å². The number of carbonyl (C=O) groups excluding carboxylic acids is 1. The lowest BCUT2D eigenvalue weighted by Gasteiger charge is -2.23. The van der Waals surface area contributed by atoms with Crippen LogP contribution in [0, 0.1) is 0 Å². The van der Waals surface area contributed by atoms with Crippen LogP contribution in [0.2, 0.25) is 10.0 Å². The minimum absolute atomic E-state index is 0.0403. The highest BCUT2D eigenvalue weighted by Crippen LogP contribution is 2.25. The molecular weight excluding hydrogens is 503 g/mol. The van der Waals surface area contributed by atoms with Crippen molar-refractivity contribution in [3.05, 3.63) is 62.5 Å². The monoisotopic (exact) mass is 522 g/mol. The highest BCUT2D eigenvalue weighted by Gasteiger charge is 2.27. The van der Waals surface area contributed by atoms with Gasteiger partial charge in [0, 0.05) is 24.2 Å². The van der Waals surface area contributed by atoms with Crippen LogP contribution in [-0.4, -0.2) is 44.9 Å². The standard InChI is InChI=1S/C19H21BrCl2N2O4S/c1-13(12-28-2)23-19(25)11-24(10-14-3-8-17(21)18(22)9-14)29(26,27)16-6-4-15(20)5-7-16/h3-9,13H,10-12H2,1-2H3,(H,23,25)/t13-/m0/s1. The van der Waals surface area contributed by atoms with Gasteiger partial charge in [-0.3, -0.25) is 4.79 Å². The minimum Gasteiger partial charge on any atom is -0.383 e. The number of carbonyl (C=O) groups is 1. The fourth-order valence-corrected chi connectivity index (χ4v) is 4.56. The SMILES string of the molecule is COC[C@H](C)NC(=O)CN(Cc1ccc(Cl)c(Cl)c1)S(=O)(=O)c1ccc(Br)cc1. The molecule has 0 heterocycles. The molecule has 0 saturated carbocycles. The molecule has 1 amide bonds. The molecule has 2 aromatic rings. The number of amides is 1. The van der Waals surface area contributed by atoms with Gasteiger partial charge in [-0.2, -0.15) is 4.31 Å². The van der Waals surface area contributed by atoms with Crippen molar-refractivity contribution in [2.24, 2.45) is 0 Å². The number of ether oxygens (including phenoxy) is 1. The Morgan fingerprint density at radius 1 is 1.17 bits per heavy atom. The Kier molecular flexibility index (Phi) is 8.93. The van der Waals surface area contributed by atoms with E-state index in [9.17, 15) is 13.2 Å². The summed E-state index contributed by atoms with van der Waals surface area (Å²) in [6.45, 7) is 1.69. The third-order valence-corrected chi connectivity index (χ3v) is 7.01. The molecular formula is C19H21BrCl2N2O4S. The summed E-state index contributed by atoms with van der Waals surface area (Å²) in [5, 5.41) is 3.40. The lowest BCUT2D eigenvalue weighted by molar-refractivity contribution is -0.122. The first-order valence-corrected chi connectivity index (χ1v) is 11.6. The van der Waals surface area contributed by atoms with Crippen molar-refractivity contribution in [2.45, 2.75) is 24.4 Å². The van der Waals surface area contributed by atoms with Crippen LogP contribution in [0.4, 0.5) is 0 Å². The van der Waals surface area contributed by atoms with Crippen LogP contribution in [-0.2, 0) is 26.1 Å². The maximum Gasteiger partial charge on any atom is 0.243 e. The highest BCUT2D eigenvalue weighted by atomic mass is 79.9. The molecule has 0 radical (unpaired) electrons. The second-order valence-corrected chi connectivity index (χ2v) is 10.1. The van der Waals surface area contributed by atoms with Gasteiger partial charge in [-0.15, -0.1) is 0 Å². The normalized spacial score (nSPS) is 12.8. The van der Waals surface area contributed by atoms with E-state index in [4.69, 9.17) is 27.9 Å². The zero-order valence-electron chi connectivity index (χ0n) is 15.9. The average Bonchev–Trinajstić information content (AvgIpc) is 2.64. The number of hydrogen-bond donors (Lipinski definition) is 1. The zero-order chi connectivity index (χ0) is 21.6. The molecule has 0 unspecified atom stereocenters. The van der Waals surface area contributed by atoms with E-state index >= 15 is 0 Å². The first-order chi connectivity index (χ1) is 13.6. The average molecular weight is 524 g/mol. The number of nitrogens with zero attached hydrogens (tertiary/aromatic N) is 1. The molecule has 6 nitrogen and oxygen atoms in total. The molecule has 2 aromatic carbocycles. The Balaban J connectivity index is 2.32. The molecule has 1 N–H and O–H groups in total. The fourth-order valence-electron chi connectivity index (χ4n) is 2.60. The first-order valence-electron chi connectivity index (χ1n) is 8.61. The fraction of sp³-hybridized carbons (Fsp3) is 0.316. The van der Waals surface area contributed by atoms with Crippen molar-refractivity contribution in [3.63, 3.8) is 0 Å². The van der Waals surface area contributed by atoms with Crippen molar-refractivity contribution >= 4 is 55.1 Å². The van der Waals surface area contributed by atoms with Crippen molar-refractivity contribution in [3.8, 4) is 0 Å². The molecule has 29 heavy (non-hydrogen) atoms. The van der Waals surface area contributed by atoms with E-state index in [0.717, 1.165) is 8.78 Å². The molecule has 0 aromatic heterocycles. The number of halogens is 3. The summed E-state index contributed by atoms with van der Waals surface area (Å²) in [7, 11) is -2.41. The maximum absolute atomic E-state index is 13.2. The number of hydrogen-bond acceptors (Lipinski definition) is 4. The number of benzene rings is 2. The van der Waals surface area contributed by atoms with E-state index in [1.165, 1.54) is 19.2 Å². The van der Waals surface area contributed by atoms with Gasteiger partial charge in [0.2, 0.25) is 15.9 Å². The second kappa shape index (κ2) is 10.7. The number of methoxy groups -OCH3 is 1. The van der Waals surface area contributed by atoms with E-state index in [1.54, 1.807) is 37.3 Å². The van der Waals surface area contributed by atoms with E-state index in [0.29, 0.717) is 22.2 Å². The number of sulfonamides is 1. The van der Waals surface area contributed by atoms with Gasteiger partial charge in [-0.05, 0) is 48.9 Å². The van der Waals surface area contributed by atoms with E-state index < -0.39 is 15.9 Å². The molecule has 0 saturated heterocycles. The summed E-state index contributed by atoms with van der Waals surface area (Å²) in [5.41, 5.74) is 0.609. The van der Waals surface area contributed by atoms with E-state index in [-0.39, 0.29) is 24.0 Å². The minimum atomic E-state index is -3.94. The summed E-state index contributed by atoms with van der Waals surface area (Å²) in [5.74, 6) is -0.435. The van der Waals surface area contributed by atoms with Crippen LogP contribution >= 0.6 is 39.1 Å². The summed E-state index contributed by atoms with van der Waals surface area (Å²) in [4.78, 5) is 12.5. The molecule has 158 valence electrons. The van der Waals surface area contributed by atoms with Crippen LogP contribution in [0.5, 0.6) is 0 Å². The molecule has 0 aliphatic rings. The summed E-state index contributed by atoms with van der Waals surface area (Å²) in [6.07, 6.45) is 0.